The lowest BCUT2D eigenvalue weighted by Gasteiger charge is -2.29. The Kier molecular flexibility index (Phi) is 2.95. The zero-order valence-corrected chi connectivity index (χ0v) is 9.81. The maximum Gasteiger partial charge on any atom is 0.329 e. The zero-order chi connectivity index (χ0) is 12.4. The topological polar surface area (TPSA) is 49.4 Å². The van der Waals surface area contributed by atoms with Crippen molar-refractivity contribution in [3.8, 4) is 0 Å². The molecule has 0 aromatic heterocycles. The first-order chi connectivity index (χ1) is 8.09. The lowest BCUT2D eigenvalue weighted by Crippen LogP contribution is -2.46. The molecule has 1 aliphatic rings. The van der Waals surface area contributed by atoms with Crippen molar-refractivity contribution >= 4 is 11.9 Å². The minimum atomic E-state index is -0.369. The Morgan fingerprint density at radius 2 is 1.94 bits per heavy atom. The zero-order valence-electron chi connectivity index (χ0n) is 9.81. The molecule has 1 aromatic carbocycles. The Balaban J connectivity index is 2.31. The van der Waals surface area contributed by atoms with E-state index in [0.29, 0.717) is 5.70 Å². The fourth-order valence-corrected chi connectivity index (χ4v) is 1.95. The maximum atomic E-state index is 11.8. The van der Waals surface area contributed by atoms with E-state index in [-0.39, 0.29) is 18.0 Å². The van der Waals surface area contributed by atoms with E-state index >= 15 is 0 Å². The Morgan fingerprint density at radius 3 is 2.47 bits per heavy atom. The lowest BCUT2D eigenvalue weighted by molar-refractivity contribution is -0.124. The van der Waals surface area contributed by atoms with Crippen molar-refractivity contribution in [2.75, 3.05) is 0 Å². The molecule has 2 rings (SSSR count). The Morgan fingerprint density at radius 1 is 1.29 bits per heavy atom. The molecule has 0 saturated carbocycles. The molecule has 1 heterocycles. The third-order valence-electron chi connectivity index (χ3n) is 2.72. The van der Waals surface area contributed by atoms with Gasteiger partial charge in [0, 0.05) is 12.6 Å². The van der Waals surface area contributed by atoms with E-state index in [0.717, 1.165) is 10.5 Å². The van der Waals surface area contributed by atoms with E-state index in [9.17, 15) is 9.59 Å². The molecule has 17 heavy (non-hydrogen) atoms. The van der Waals surface area contributed by atoms with Gasteiger partial charge in [0.2, 0.25) is 5.91 Å². The molecule has 4 heteroatoms. The van der Waals surface area contributed by atoms with Crippen molar-refractivity contribution in [1.29, 1.82) is 0 Å². The quantitative estimate of drug-likeness (QED) is 0.804. The number of allylic oxidation sites excluding steroid dienone is 1. The number of rotatable bonds is 1. The van der Waals surface area contributed by atoms with Crippen molar-refractivity contribution in [3.63, 3.8) is 0 Å². The van der Waals surface area contributed by atoms with Crippen LogP contribution in [0.15, 0.2) is 42.1 Å². The third kappa shape index (κ3) is 2.20. The van der Waals surface area contributed by atoms with Gasteiger partial charge in [0.15, 0.2) is 0 Å². The van der Waals surface area contributed by atoms with Crippen LogP contribution in [0.25, 0.3) is 0 Å². The summed E-state index contributed by atoms with van der Waals surface area (Å²) >= 11 is 0. The van der Waals surface area contributed by atoms with Gasteiger partial charge in [-0.25, -0.2) is 9.69 Å². The molecule has 1 atom stereocenters. The van der Waals surface area contributed by atoms with Gasteiger partial charge in [0.25, 0.3) is 0 Å². The van der Waals surface area contributed by atoms with Crippen LogP contribution in [0, 0.1) is 0 Å². The second-order valence-electron chi connectivity index (χ2n) is 4.00. The number of urea groups is 1. The Labute approximate surface area is 99.9 Å². The monoisotopic (exact) mass is 230 g/mol. The molecule has 3 amide bonds. The van der Waals surface area contributed by atoms with Crippen molar-refractivity contribution in [1.82, 2.24) is 10.2 Å². The molecule has 0 radical (unpaired) electrons. The van der Waals surface area contributed by atoms with Crippen LogP contribution in [0.4, 0.5) is 4.79 Å². The molecule has 0 aliphatic carbocycles. The van der Waals surface area contributed by atoms with E-state index in [1.54, 1.807) is 6.92 Å². The number of amides is 3. The summed E-state index contributed by atoms with van der Waals surface area (Å²) in [7, 11) is 0. The minimum Gasteiger partial charge on any atom is -0.327 e. The first-order valence-corrected chi connectivity index (χ1v) is 5.44. The van der Waals surface area contributed by atoms with Crippen LogP contribution < -0.4 is 5.32 Å². The predicted octanol–water partition coefficient (Wildman–Crippen LogP) is 2.20. The molecule has 0 bridgehead atoms. The third-order valence-corrected chi connectivity index (χ3v) is 2.72. The smallest absolute Gasteiger partial charge is 0.327 e. The van der Waals surface area contributed by atoms with Gasteiger partial charge in [-0.05, 0) is 18.6 Å². The number of hydrogen-bond acceptors (Lipinski definition) is 2. The summed E-state index contributed by atoms with van der Waals surface area (Å²) < 4.78 is 0. The molecule has 1 aliphatic heterocycles. The lowest BCUT2D eigenvalue weighted by atomic mass is 10.0. The fourth-order valence-electron chi connectivity index (χ4n) is 1.95. The maximum absolute atomic E-state index is 11.8. The van der Waals surface area contributed by atoms with Gasteiger partial charge in [0.05, 0.1) is 6.04 Å². The second-order valence-corrected chi connectivity index (χ2v) is 4.00. The average molecular weight is 230 g/mol. The largest absolute Gasteiger partial charge is 0.329 e. The van der Waals surface area contributed by atoms with Gasteiger partial charge >= 0.3 is 6.03 Å². The average Bonchev–Trinajstić information content (AvgIpc) is 2.28. The molecular formula is C13H14N2O2. The summed E-state index contributed by atoms with van der Waals surface area (Å²) in [5.74, 6) is -0.275. The number of hydrogen-bond donors (Lipinski definition) is 1. The molecule has 0 spiro atoms. The number of imide groups is 1. The number of carbonyl (C=O) groups is 2. The van der Waals surface area contributed by atoms with Gasteiger partial charge in [-0.15, -0.1) is 0 Å². The van der Waals surface area contributed by atoms with Crippen molar-refractivity contribution in [2.45, 2.75) is 19.9 Å². The number of nitrogens with zero attached hydrogens (tertiary/aromatic N) is 1. The molecule has 1 aromatic rings. The Hall–Kier alpha value is -2.10. The molecule has 1 N–H and O–H groups in total. The van der Waals surface area contributed by atoms with Crippen molar-refractivity contribution < 1.29 is 9.59 Å². The van der Waals surface area contributed by atoms with Gasteiger partial charge in [-0.2, -0.15) is 0 Å². The van der Waals surface area contributed by atoms with Gasteiger partial charge < -0.3 is 5.32 Å². The Bertz CT molecular complexity index is 479. The second kappa shape index (κ2) is 4.41. The predicted molar refractivity (Wildman–Crippen MR) is 64.0 cm³/mol. The van der Waals surface area contributed by atoms with Crippen LogP contribution >= 0.6 is 0 Å². The van der Waals surface area contributed by atoms with E-state index in [4.69, 9.17) is 0 Å². The van der Waals surface area contributed by atoms with Gasteiger partial charge in [-0.1, -0.05) is 30.3 Å². The van der Waals surface area contributed by atoms with E-state index in [1.807, 2.05) is 36.4 Å². The van der Waals surface area contributed by atoms with Crippen LogP contribution in [0.2, 0.25) is 0 Å². The molecule has 0 fully saturated rings. The molecule has 88 valence electrons. The van der Waals surface area contributed by atoms with Crippen LogP contribution in [-0.2, 0) is 4.79 Å². The highest BCUT2D eigenvalue weighted by atomic mass is 16.2. The van der Waals surface area contributed by atoms with E-state index < -0.39 is 0 Å². The van der Waals surface area contributed by atoms with Crippen molar-refractivity contribution in [2.24, 2.45) is 0 Å². The van der Waals surface area contributed by atoms with Crippen LogP contribution in [0.1, 0.15) is 25.5 Å². The summed E-state index contributed by atoms with van der Waals surface area (Å²) in [5, 5.41) is 2.78. The SMILES string of the molecule is CC(=O)N1C(=O)NC(c2ccccc2)C=C1C. The first-order valence-electron chi connectivity index (χ1n) is 5.44. The standard InChI is InChI=1S/C13H14N2O2/c1-9-8-12(11-6-4-3-5-7-11)14-13(17)15(9)10(2)16/h3-8,12H,1-2H3,(H,14,17). The minimum absolute atomic E-state index is 0.167. The van der Waals surface area contributed by atoms with Gasteiger partial charge in [-0.3, -0.25) is 4.79 Å². The summed E-state index contributed by atoms with van der Waals surface area (Å²) in [5.41, 5.74) is 1.67. The normalized spacial score (nSPS) is 19.6. The van der Waals surface area contributed by atoms with Crippen LogP contribution in [0.5, 0.6) is 0 Å². The molecular weight excluding hydrogens is 216 g/mol. The first kappa shape index (κ1) is 11.4. The summed E-state index contributed by atoms with van der Waals surface area (Å²) in [4.78, 5) is 24.2. The van der Waals surface area contributed by atoms with Crippen LogP contribution in [-0.4, -0.2) is 16.8 Å². The highest BCUT2D eigenvalue weighted by Gasteiger charge is 2.27. The van der Waals surface area contributed by atoms with Crippen LogP contribution in [0.3, 0.4) is 0 Å². The van der Waals surface area contributed by atoms with Gasteiger partial charge in [0.1, 0.15) is 0 Å². The summed E-state index contributed by atoms with van der Waals surface area (Å²) in [6.45, 7) is 3.13. The summed E-state index contributed by atoms with van der Waals surface area (Å²) in [6.07, 6.45) is 1.87. The highest BCUT2D eigenvalue weighted by Crippen LogP contribution is 2.22. The van der Waals surface area contributed by atoms with E-state index in [2.05, 4.69) is 5.32 Å². The fraction of sp³-hybridized carbons (Fsp3) is 0.231. The molecule has 1 unspecified atom stereocenters. The molecule has 0 saturated heterocycles. The van der Waals surface area contributed by atoms with Crippen molar-refractivity contribution in [3.05, 3.63) is 47.7 Å². The highest BCUT2D eigenvalue weighted by molar-refractivity contribution is 5.96. The number of benzene rings is 1. The molecule has 4 nitrogen and oxygen atoms in total. The number of nitrogens with one attached hydrogen (secondary N) is 1. The van der Waals surface area contributed by atoms with E-state index in [1.165, 1.54) is 6.92 Å². The number of carbonyl (C=O) groups excluding carboxylic acids is 2. The summed E-state index contributed by atoms with van der Waals surface area (Å²) in [6, 6.07) is 9.11.